The number of benzene rings is 1. The number of nitrogens with zero attached hydrogens (tertiary/aromatic N) is 1. The van der Waals surface area contributed by atoms with Crippen molar-refractivity contribution < 1.29 is 30.5 Å². The Morgan fingerprint density at radius 3 is 2.47 bits per heavy atom. The van der Waals surface area contributed by atoms with Crippen LogP contribution in [-0.2, 0) is 21.7 Å². The second-order valence-corrected chi connectivity index (χ2v) is 2.75. The maximum Gasteiger partial charge on any atom is 0.214 e. The smallest absolute Gasteiger partial charge is 0.199 e. The fraction of sp³-hybridized carbons (Fsp3) is 0. The van der Waals surface area contributed by atoms with E-state index in [4.69, 9.17) is 0 Å². The summed E-state index contributed by atoms with van der Waals surface area (Å²) in [5.41, 5.74) is 0.824. The Hall–Kier alpha value is -1.06. The number of aromatic nitrogens is 1. The normalized spacial score (nSPS) is 9.47. The predicted octanol–water partition coefficient (Wildman–Crippen LogP) is 2.82. The Balaban J connectivity index is 0.00000112. The van der Waals surface area contributed by atoms with Crippen molar-refractivity contribution in [2.45, 2.75) is 0 Å². The zero-order valence-electron chi connectivity index (χ0n) is 7.67. The molecular weight excluding hydrogens is 232 g/mol. The van der Waals surface area contributed by atoms with Gasteiger partial charge in [0.2, 0.25) is 5.95 Å². The summed E-state index contributed by atoms with van der Waals surface area (Å²) in [7, 11) is 0. The topological polar surface area (TPSA) is 12.9 Å². The Morgan fingerprint density at radius 1 is 1.07 bits per heavy atom. The molecule has 0 spiro atoms. The monoisotopic (exact) mass is 238 g/mol. The van der Waals surface area contributed by atoms with Crippen molar-refractivity contribution >= 4 is 0 Å². The summed E-state index contributed by atoms with van der Waals surface area (Å²) in [5.74, 6) is -1.63. The first kappa shape index (κ1) is 12.0. The average molecular weight is 238 g/mol. The Kier molecular flexibility index (Phi) is 4.12. The first-order valence-electron chi connectivity index (χ1n) is 4.06. The van der Waals surface area contributed by atoms with Gasteiger partial charge in [-0.25, -0.2) is 0 Å². The van der Waals surface area contributed by atoms with Crippen molar-refractivity contribution in [3.8, 4) is 11.1 Å². The molecule has 2 rings (SSSR count). The number of pyridine rings is 1. The minimum Gasteiger partial charge on any atom is -0.199 e. The average Bonchev–Trinajstić information content (AvgIpc) is 2.19. The third kappa shape index (κ3) is 2.70. The summed E-state index contributed by atoms with van der Waals surface area (Å²) in [6.07, 6.45) is 0. The summed E-state index contributed by atoms with van der Waals surface area (Å²) < 4.78 is 25.7. The van der Waals surface area contributed by atoms with E-state index in [2.05, 4.69) is 11.1 Å². The molecule has 0 amide bonds. The van der Waals surface area contributed by atoms with E-state index in [0.29, 0.717) is 5.56 Å². The second-order valence-electron chi connectivity index (χ2n) is 2.75. The van der Waals surface area contributed by atoms with Crippen LogP contribution < -0.4 is 0 Å². The molecule has 0 aliphatic rings. The fourth-order valence-corrected chi connectivity index (χ4v) is 1.17. The van der Waals surface area contributed by atoms with Crippen LogP contribution in [-0.4, -0.2) is 4.98 Å². The molecule has 1 heterocycles. The van der Waals surface area contributed by atoms with Crippen molar-refractivity contribution in [2.24, 2.45) is 0 Å². The first-order chi connectivity index (χ1) is 6.77. The molecule has 0 N–H and O–H groups in total. The quantitative estimate of drug-likeness (QED) is 0.423. The van der Waals surface area contributed by atoms with Crippen molar-refractivity contribution in [1.29, 1.82) is 0 Å². The van der Waals surface area contributed by atoms with Crippen molar-refractivity contribution in [1.82, 2.24) is 4.98 Å². The van der Waals surface area contributed by atoms with E-state index < -0.39 is 11.9 Å². The molecule has 2 aromatic rings. The van der Waals surface area contributed by atoms with Gasteiger partial charge < -0.3 is 0 Å². The summed E-state index contributed by atoms with van der Waals surface area (Å²) >= 11 is 0. The van der Waals surface area contributed by atoms with Gasteiger partial charge in [-0.1, -0.05) is 6.07 Å². The molecule has 0 fully saturated rings. The van der Waals surface area contributed by atoms with Gasteiger partial charge in [-0.3, -0.25) is 0 Å². The first-order valence-corrected chi connectivity index (χ1v) is 4.06. The third-order valence-electron chi connectivity index (χ3n) is 1.81. The molecule has 74 valence electrons. The van der Waals surface area contributed by atoms with E-state index in [9.17, 15) is 8.78 Å². The van der Waals surface area contributed by atoms with E-state index in [1.165, 1.54) is 6.07 Å². The molecule has 0 radical (unpaired) electrons. The number of rotatable bonds is 1. The zero-order valence-corrected chi connectivity index (χ0v) is 9.23. The van der Waals surface area contributed by atoms with Crippen LogP contribution in [0.15, 0.2) is 36.4 Å². The number of hydrogen-bond acceptors (Lipinski definition) is 1. The molecule has 1 aromatic carbocycles. The fourth-order valence-electron chi connectivity index (χ4n) is 1.17. The molecule has 0 bridgehead atoms. The summed E-state index contributed by atoms with van der Waals surface area (Å²) in [4.78, 5) is 3.10. The third-order valence-corrected chi connectivity index (χ3v) is 1.81. The van der Waals surface area contributed by atoms with E-state index >= 15 is 0 Å². The van der Waals surface area contributed by atoms with Gasteiger partial charge in [0.1, 0.15) is 0 Å². The molecule has 15 heavy (non-hydrogen) atoms. The number of halogens is 2. The van der Waals surface area contributed by atoms with Gasteiger partial charge >= 0.3 is 0 Å². The summed E-state index contributed by atoms with van der Waals surface area (Å²) in [6.45, 7) is 0. The summed E-state index contributed by atoms with van der Waals surface area (Å²) in [6, 6.07) is 12.2. The van der Waals surface area contributed by atoms with Crippen molar-refractivity contribution in [2.75, 3.05) is 0 Å². The Morgan fingerprint density at radius 2 is 1.87 bits per heavy atom. The predicted molar refractivity (Wildman–Crippen MR) is 48.4 cm³/mol. The van der Waals surface area contributed by atoms with E-state index in [1.54, 1.807) is 24.3 Å². The molecule has 1 nitrogen and oxygen atoms in total. The van der Waals surface area contributed by atoms with Gasteiger partial charge in [0.15, 0.2) is 5.95 Å². The van der Waals surface area contributed by atoms with Crippen LogP contribution in [0.25, 0.3) is 11.1 Å². The van der Waals surface area contributed by atoms with Crippen LogP contribution in [0.3, 0.4) is 0 Å². The van der Waals surface area contributed by atoms with Gasteiger partial charge in [0.25, 0.3) is 0 Å². The molecular formula is C11H6F2NTi-. The molecule has 0 aliphatic carbocycles. The van der Waals surface area contributed by atoms with Crippen LogP contribution in [0.4, 0.5) is 8.78 Å². The largest absolute Gasteiger partial charge is 0.214 e. The molecule has 0 atom stereocenters. The van der Waals surface area contributed by atoms with Gasteiger partial charge in [-0.2, -0.15) is 13.8 Å². The Bertz CT molecular complexity index is 446. The number of hydrogen-bond donors (Lipinski definition) is 0. The Labute approximate surface area is 101 Å². The van der Waals surface area contributed by atoms with Crippen LogP contribution in [0, 0.1) is 18.0 Å². The van der Waals surface area contributed by atoms with Crippen molar-refractivity contribution in [3.63, 3.8) is 0 Å². The SMILES string of the molecule is Fc1ccc(-c2[c-]cccc2)c(F)n1.[Ti]. The molecule has 0 saturated carbocycles. The van der Waals surface area contributed by atoms with Gasteiger partial charge in [-0.05, 0) is 11.6 Å². The van der Waals surface area contributed by atoms with E-state index in [-0.39, 0.29) is 27.3 Å². The van der Waals surface area contributed by atoms with E-state index in [1.807, 2.05) is 0 Å². The van der Waals surface area contributed by atoms with Crippen LogP contribution in [0.2, 0.25) is 0 Å². The maximum atomic E-state index is 13.2. The molecule has 4 heteroatoms. The van der Waals surface area contributed by atoms with Gasteiger partial charge in [0.05, 0.1) is 0 Å². The molecule has 0 unspecified atom stereocenters. The summed E-state index contributed by atoms with van der Waals surface area (Å²) in [5, 5.41) is 0. The maximum absolute atomic E-state index is 13.2. The molecule has 1 aromatic heterocycles. The van der Waals surface area contributed by atoms with Gasteiger partial charge in [0, 0.05) is 21.7 Å². The second kappa shape index (κ2) is 5.15. The standard InChI is InChI=1S/C11H6F2N.Ti/c12-10-7-6-9(11(13)14-10)8-4-2-1-3-5-8;/h1-4,6-7H;/q-1;. The zero-order chi connectivity index (χ0) is 9.97. The van der Waals surface area contributed by atoms with Gasteiger partial charge in [-0.15, -0.1) is 35.9 Å². The van der Waals surface area contributed by atoms with Crippen molar-refractivity contribution in [3.05, 3.63) is 54.4 Å². The van der Waals surface area contributed by atoms with Crippen LogP contribution in [0.5, 0.6) is 0 Å². The minimum atomic E-state index is -0.817. The van der Waals surface area contributed by atoms with Crippen LogP contribution >= 0.6 is 0 Å². The molecule has 0 aliphatic heterocycles. The molecule has 0 saturated heterocycles. The van der Waals surface area contributed by atoms with Crippen LogP contribution in [0.1, 0.15) is 0 Å². The minimum absolute atomic E-state index is 0. The van der Waals surface area contributed by atoms with E-state index in [0.717, 1.165) is 6.07 Å².